The van der Waals surface area contributed by atoms with Gasteiger partial charge in [-0.15, -0.1) is 0 Å². The number of likely N-dealkylation sites (tertiary alicyclic amines) is 1. The van der Waals surface area contributed by atoms with Crippen LogP contribution in [0, 0.1) is 5.92 Å². The Morgan fingerprint density at radius 2 is 1.71 bits per heavy atom. The largest absolute Gasteiger partial charge is 0.459 e. The van der Waals surface area contributed by atoms with Crippen LogP contribution < -0.4 is 0 Å². The first-order valence-corrected chi connectivity index (χ1v) is 8.48. The molecule has 3 heterocycles. The molecule has 1 aromatic heterocycles. The Hall–Kier alpha value is -2.11. The van der Waals surface area contributed by atoms with E-state index >= 15 is 0 Å². The maximum absolute atomic E-state index is 12.9. The second kappa shape index (κ2) is 6.79. The summed E-state index contributed by atoms with van der Waals surface area (Å²) in [7, 11) is 0. The number of ether oxygens (including phenoxy) is 2. The lowest BCUT2D eigenvalue weighted by molar-refractivity contribution is -0.0956. The molecule has 5 nitrogen and oxygen atoms in total. The summed E-state index contributed by atoms with van der Waals surface area (Å²) in [5.74, 6) is 0.764. The molecule has 0 saturated carbocycles. The Labute approximate surface area is 141 Å². The van der Waals surface area contributed by atoms with Crippen LogP contribution in [0.25, 0.3) is 11.1 Å². The molecule has 5 heteroatoms. The van der Waals surface area contributed by atoms with Crippen molar-refractivity contribution in [2.45, 2.75) is 19.1 Å². The number of hydrogen-bond donors (Lipinski definition) is 0. The number of rotatable bonds is 3. The van der Waals surface area contributed by atoms with Crippen LogP contribution in [-0.4, -0.2) is 43.4 Å². The van der Waals surface area contributed by atoms with Crippen molar-refractivity contribution in [3.05, 3.63) is 48.4 Å². The van der Waals surface area contributed by atoms with Crippen LogP contribution in [-0.2, 0) is 9.47 Å². The zero-order valence-electron chi connectivity index (χ0n) is 13.5. The number of carbonyl (C=O) groups is 1. The van der Waals surface area contributed by atoms with Gasteiger partial charge in [0, 0.05) is 24.6 Å². The van der Waals surface area contributed by atoms with Crippen LogP contribution in [0.4, 0.5) is 0 Å². The van der Waals surface area contributed by atoms with Crippen LogP contribution in [0.2, 0.25) is 0 Å². The fraction of sp³-hybridized carbons (Fsp3) is 0.421. The predicted octanol–water partition coefficient (Wildman–Crippen LogP) is 3.17. The molecule has 0 radical (unpaired) electrons. The number of nitrogens with zero attached hydrogens (tertiary/aromatic N) is 1. The Kier molecular flexibility index (Phi) is 4.36. The Morgan fingerprint density at radius 3 is 2.42 bits per heavy atom. The zero-order valence-corrected chi connectivity index (χ0v) is 13.5. The number of piperidine rings is 1. The maximum atomic E-state index is 12.9. The van der Waals surface area contributed by atoms with Crippen molar-refractivity contribution < 1.29 is 18.7 Å². The first kappa shape index (κ1) is 15.4. The standard InChI is InChI=1S/C19H21NO4/c21-18(17-16(8-11-22-17)14-4-2-1-3-5-14)20-9-6-15(7-10-20)19-23-12-13-24-19/h1-5,8,11,15,19H,6-7,9-10,12-13H2. The van der Waals surface area contributed by atoms with Crippen molar-refractivity contribution in [2.75, 3.05) is 26.3 Å². The van der Waals surface area contributed by atoms with Crippen LogP contribution in [0.1, 0.15) is 23.4 Å². The van der Waals surface area contributed by atoms with Gasteiger partial charge in [0.05, 0.1) is 19.5 Å². The molecule has 0 spiro atoms. The number of furan rings is 1. The van der Waals surface area contributed by atoms with Crippen LogP contribution >= 0.6 is 0 Å². The molecule has 0 unspecified atom stereocenters. The Morgan fingerprint density at radius 1 is 1.00 bits per heavy atom. The van der Waals surface area contributed by atoms with Gasteiger partial charge in [-0.3, -0.25) is 4.79 Å². The molecule has 126 valence electrons. The predicted molar refractivity (Wildman–Crippen MR) is 88.5 cm³/mol. The van der Waals surface area contributed by atoms with Crippen molar-refractivity contribution in [1.29, 1.82) is 0 Å². The molecule has 0 atom stereocenters. The highest BCUT2D eigenvalue weighted by Crippen LogP contribution is 2.29. The van der Waals surface area contributed by atoms with Gasteiger partial charge in [0.15, 0.2) is 12.1 Å². The molecule has 0 aliphatic carbocycles. The van der Waals surface area contributed by atoms with E-state index in [9.17, 15) is 4.79 Å². The molecule has 1 aromatic carbocycles. The minimum absolute atomic E-state index is 0.0365. The van der Waals surface area contributed by atoms with Gasteiger partial charge < -0.3 is 18.8 Å². The second-order valence-electron chi connectivity index (χ2n) is 6.27. The van der Waals surface area contributed by atoms with Gasteiger partial charge in [-0.25, -0.2) is 0 Å². The highest BCUT2D eigenvalue weighted by molar-refractivity contribution is 5.98. The zero-order chi connectivity index (χ0) is 16.4. The van der Waals surface area contributed by atoms with E-state index in [0.717, 1.165) is 24.0 Å². The van der Waals surface area contributed by atoms with Crippen LogP contribution in [0.3, 0.4) is 0 Å². The van der Waals surface area contributed by atoms with E-state index in [1.165, 1.54) is 0 Å². The first-order valence-electron chi connectivity index (χ1n) is 8.48. The lowest BCUT2D eigenvalue weighted by atomic mass is 9.95. The van der Waals surface area contributed by atoms with Gasteiger partial charge in [0.25, 0.3) is 5.91 Å². The molecule has 0 N–H and O–H groups in total. The molecule has 24 heavy (non-hydrogen) atoms. The second-order valence-corrected chi connectivity index (χ2v) is 6.27. The molecular weight excluding hydrogens is 306 g/mol. The van der Waals surface area contributed by atoms with Gasteiger partial charge in [0.1, 0.15) is 0 Å². The molecule has 0 bridgehead atoms. The molecule has 2 fully saturated rings. The average Bonchev–Trinajstić information content (AvgIpc) is 3.34. The summed E-state index contributed by atoms with van der Waals surface area (Å²) in [4.78, 5) is 14.7. The summed E-state index contributed by atoms with van der Waals surface area (Å²) >= 11 is 0. The van der Waals surface area contributed by atoms with E-state index < -0.39 is 0 Å². The van der Waals surface area contributed by atoms with E-state index in [1.807, 2.05) is 41.3 Å². The third-order valence-electron chi connectivity index (χ3n) is 4.80. The summed E-state index contributed by atoms with van der Waals surface area (Å²) < 4.78 is 16.7. The van der Waals surface area contributed by atoms with Gasteiger partial charge in [-0.2, -0.15) is 0 Å². The third kappa shape index (κ3) is 2.97. The first-order chi connectivity index (χ1) is 11.8. The summed E-state index contributed by atoms with van der Waals surface area (Å²) in [5, 5.41) is 0. The fourth-order valence-electron chi connectivity index (χ4n) is 3.49. The topological polar surface area (TPSA) is 51.9 Å². The van der Waals surface area contributed by atoms with E-state index in [4.69, 9.17) is 13.9 Å². The van der Waals surface area contributed by atoms with Crippen molar-refractivity contribution in [3.8, 4) is 11.1 Å². The molecule has 2 saturated heterocycles. The van der Waals surface area contributed by atoms with Gasteiger partial charge in [-0.1, -0.05) is 30.3 Å². The lowest BCUT2D eigenvalue weighted by Crippen LogP contribution is -2.41. The highest BCUT2D eigenvalue weighted by Gasteiger charge is 2.33. The minimum Gasteiger partial charge on any atom is -0.459 e. The monoisotopic (exact) mass is 327 g/mol. The van der Waals surface area contributed by atoms with E-state index in [0.29, 0.717) is 38.0 Å². The summed E-state index contributed by atoms with van der Waals surface area (Å²) in [5.41, 5.74) is 1.85. The summed E-state index contributed by atoms with van der Waals surface area (Å²) in [6.45, 7) is 2.77. The molecular formula is C19H21NO4. The number of carbonyl (C=O) groups excluding carboxylic acids is 1. The molecule has 2 aliphatic rings. The minimum atomic E-state index is -0.0919. The lowest BCUT2D eigenvalue weighted by Gasteiger charge is -2.33. The van der Waals surface area contributed by atoms with Gasteiger partial charge >= 0.3 is 0 Å². The number of benzene rings is 1. The number of hydrogen-bond acceptors (Lipinski definition) is 4. The van der Waals surface area contributed by atoms with Crippen molar-refractivity contribution in [1.82, 2.24) is 4.90 Å². The quantitative estimate of drug-likeness (QED) is 0.869. The van der Waals surface area contributed by atoms with E-state index in [-0.39, 0.29) is 12.2 Å². The molecule has 1 amide bonds. The fourth-order valence-corrected chi connectivity index (χ4v) is 3.49. The van der Waals surface area contributed by atoms with Crippen LogP contribution in [0.15, 0.2) is 47.1 Å². The normalized spacial score (nSPS) is 19.8. The molecule has 2 aromatic rings. The summed E-state index contributed by atoms with van der Waals surface area (Å²) in [6.07, 6.45) is 3.30. The molecule has 2 aliphatic heterocycles. The highest BCUT2D eigenvalue weighted by atomic mass is 16.7. The molecule has 4 rings (SSSR count). The average molecular weight is 327 g/mol. The van der Waals surface area contributed by atoms with Gasteiger partial charge in [-0.05, 0) is 24.5 Å². The SMILES string of the molecule is O=C(c1occc1-c1ccccc1)N1CCC(C2OCCO2)CC1. The smallest absolute Gasteiger partial charge is 0.290 e. The summed E-state index contributed by atoms with van der Waals surface area (Å²) in [6, 6.07) is 11.7. The van der Waals surface area contributed by atoms with E-state index in [1.54, 1.807) is 6.26 Å². The maximum Gasteiger partial charge on any atom is 0.290 e. The third-order valence-corrected chi connectivity index (χ3v) is 4.80. The van der Waals surface area contributed by atoms with Crippen molar-refractivity contribution >= 4 is 5.91 Å². The Balaban J connectivity index is 1.45. The van der Waals surface area contributed by atoms with Crippen molar-refractivity contribution in [3.63, 3.8) is 0 Å². The number of amides is 1. The van der Waals surface area contributed by atoms with Crippen LogP contribution in [0.5, 0.6) is 0 Å². The Bertz CT molecular complexity index is 682. The van der Waals surface area contributed by atoms with Crippen molar-refractivity contribution in [2.24, 2.45) is 5.92 Å². The van der Waals surface area contributed by atoms with Gasteiger partial charge in [0.2, 0.25) is 0 Å². The van der Waals surface area contributed by atoms with E-state index in [2.05, 4.69) is 0 Å².